The third-order valence-electron chi connectivity index (χ3n) is 2.90. The van der Waals surface area contributed by atoms with Crippen molar-refractivity contribution in [1.29, 1.82) is 0 Å². The zero-order valence-corrected chi connectivity index (χ0v) is 10.6. The fraction of sp³-hybridized carbons (Fsp3) is 0.0769. The number of nitrogen functional groups attached to an aromatic ring is 1. The summed E-state index contributed by atoms with van der Waals surface area (Å²) in [7, 11) is 1.34. The maximum absolute atomic E-state index is 11.6. The van der Waals surface area contributed by atoms with Crippen LogP contribution in [0.15, 0.2) is 36.8 Å². The second-order valence-electron chi connectivity index (χ2n) is 4.09. The van der Waals surface area contributed by atoms with Crippen LogP contribution in [0, 0.1) is 0 Å². The first-order valence-electron chi connectivity index (χ1n) is 5.83. The SMILES string of the molecule is COC(=O)c1ccc2cnn(-c3nccnc3N)c2c1. The van der Waals surface area contributed by atoms with Crippen LogP contribution >= 0.6 is 0 Å². The van der Waals surface area contributed by atoms with E-state index in [4.69, 9.17) is 10.5 Å². The van der Waals surface area contributed by atoms with E-state index >= 15 is 0 Å². The van der Waals surface area contributed by atoms with Gasteiger partial charge in [-0.25, -0.2) is 19.4 Å². The lowest BCUT2D eigenvalue weighted by Crippen LogP contribution is -2.06. The zero-order valence-electron chi connectivity index (χ0n) is 10.6. The molecule has 0 saturated carbocycles. The molecule has 0 saturated heterocycles. The van der Waals surface area contributed by atoms with Crippen molar-refractivity contribution < 1.29 is 9.53 Å². The molecule has 7 heteroatoms. The number of ether oxygens (including phenoxy) is 1. The number of esters is 1. The van der Waals surface area contributed by atoms with Gasteiger partial charge in [0.15, 0.2) is 11.6 Å². The Morgan fingerprint density at radius 3 is 2.85 bits per heavy atom. The van der Waals surface area contributed by atoms with Gasteiger partial charge in [-0.05, 0) is 12.1 Å². The van der Waals surface area contributed by atoms with Gasteiger partial charge in [0.05, 0.1) is 24.4 Å². The molecule has 0 aliphatic heterocycles. The molecule has 0 radical (unpaired) electrons. The third kappa shape index (κ3) is 1.85. The summed E-state index contributed by atoms with van der Waals surface area (Å²) in [6, 6.07) is 5.15. The first-order valence-corrected chi connectivity index (χ1v) is 5.83. The van der Waals surface area contributed by atoms with Crippen molar-refractivity contribution in [3.05, 3.63) is 42.4 Å². The van der Waals surface area contributed by atoms with E-state index in [0.717, 1.165) is 5.39 Å². The zero-order chi connectivity index (χ0) is 14.1. The second-order valence-corrected chi connectivity index (χ2v) is 4.09. The number of fused-ring (bicyclic) bond motifs is 1. The molecule has 0 atom stereocenters. The van der Waals surface area contributed by atoms with Crippen LogP contribution in [0.2, 0.25) is 0 Å². The molecule has 3 rings (SSSR count). The minimum atomic E-state index is -0.410. The van der Waals surface area contributed by atoms with Crippen LogP contribution in [0.5, 0.6) is 0 Å². The van der Waals surface area contributed by atoms with Crippen LogP contribution in [0.1, 0.15) is 10.4 Å². The number of nitrogens with zero attached hydrogens (tertiary/aromatic N) is 4. The van der Waals surface area contributed by atoms with Gasteiger partial charge in [-0.15, -0.1) is 0 Å². The number of anilines is 1. The molecule has 20 heavy (non-hydrogen) atoms. The number of aromatic nitrogens is 4. The van der Waals surface area contributed by atoms with E-state index in [1.807, 2.05) is 0 Å². The Morgan fingerprint density at radius 1 is 1.30 bits per heavy atom. The van der Waals surface area contributed by atoms with Crippen molar-refractivity contribution in [2.75, 3.05) is 12.8 Å². The van der Waals surface area contributed by atoms with Gasteiger partial charge in [0.1, 0.15) is 0 Å². The largest absolute Gasteiger partial charge is 0.465 e. The molecule has 7 nitrogen and oxygen atoms in total. The van der Waals surface area contributed by atoms with Crippen LogP contribution < -0.4 is 5.73 Å². The van der Waals surface area contributed by atoms with E-state index < -0.39 is 5.97 Å². The van der Waals surface area contributed by atoms with Crippen LogP contribution in [0.3, 0.4) is 0 Å². The topological polar surface area (TPSA) is 95.9 Å². The molecule has 0 spiro atoms. The van der Waals surface area contributed by atoms with Crippen molar-refractivity contribution in [3.8, 4) is 5.82 Å². The number of hydrogen-bond donors (Lipinski definition) is 1. The van der Waals surface area contributed by atoms with Crippen LogP contribution in [0.25, 0.3) is 16.7 Å². The molecule has 2 N–H and O–H groups in total. The molecular weight excluding hydrogens is 258 g/mol. The first-order chi connectivity index (χ1) is 9.70. The number of methoxy groups -OCH3 is 1. The minimum Gasteiger partial charge on any atom is -0.465 e. The lowest BCUT2D eigenvalue weighted by molar-refractivity contribution is 0.0601. The molecular formula is C13H11N5O2. The molecule has 0 aliphatic carbocycles. The van der Waals surface area contributed by atoms with Gasteiger partial charge in [-0.2, -0.15) is 5.10 Å². The van der Waals surface area contributed by atoms with Crippen molar-refractivity contribution >= 4 is 22.7 Å². The maximum atomic E-state index is 11.6. The summed E-state index contributed by atoms with van der Waals surface area (Å²) in [6.45, 7) is 0. The molecule has 2 heterocycles. The quantitative estimate of drug-likeness (QED) is 0.702. The van der Waals surface area contributed by atoms with Crippen LogP contribution in [-0.2, 0) is 4.74 Å². The first kappa shape index (κ1) is 12.1. The number of carbonyl (C=O) groups excluding carboxylic acids is 1. The van der Waals surface area contributed by atoms with Gasteiger partial charge in [0.2, 0.25) is 0 Å². The Labute approximate surface area is 114 Å². The average molecular weight is 269 g/mol. The van der Waals surface area contributed by atoms with Gasteiger partial charge < -0.3 is 10.5 Å². The summed E-state index contributed by atoms with van der Waals surface area (Å²) in [5.74, 6) is 0.275. The highest BCUT2D eigenvalue weighted by Gasteiger charge is 2.12. The van der Waals surface area contributed by atoms with Crippen molar-refractivity contribution in [1.82, 2.24) is 19.7 Å². The van der Waals surface area contributed by atoms with Gasteiger partial charge in [0, 0.05) is 17.8 Å². The minimum absolute atomic E-state index is 0.265. The Hall–Kier alpha value is -2.96. The van der Waals surface area contributed by atoms with Crippen LogP contribution in [0.4, 0.5) is 5.82 Å². The van der Waals surface area contributed by atoms with Gasteiger partial charge >= 0.3 is 5.97 Å². The highest BCUT2D eigenvalue weighted by molar-refractivity contribution is 5.94. The molecule has 100 valence electrons. The average Bonchev–Trinajstić information content (AvgIpc) is 2.90. The molecule has 0 unspecified atom stereocenters. The second kappa shape index (κ2) is 4.61. The maximum Gasteiger partial charge on any atom is 0.337 e. The standard InChI is InChI=1S/C13H11N5O2/c1-20-13(19)8-2-3-9-7-17-18(10(9)6-8)12-11(14)15-4-5-16-12/h2-7H,1H3,(H2,14,15). The van der Waals surface area contributed by atoms with E-state index in [2.05, 4.69) is 15.1 Å². The lowest BCUT2D eigenvalue weighted by Gasteiger charge is -2.05. The number of nitrogens with two attached hydrogens (primary N) is 1. The molecule has 3 aromatic rings. The molecule has 1 aromatic carbocycles. The summed E-state index contributed by atoms with van der Waals surface area (Å²) < 4.78 is 6.26. The highest BCUT2D eigenvalue weighted by atomic mass is 16.5. The van der Waals surface area contributed by atoms with Crippen LogP contribution in [-0.4, -0.2) is 32.8 Å². The number of benzene rings is 1. The monoisotopic (exact) mass is 269 g/mol. The van der Waals surface area contributed by atoms with E-state index in [1.165, 1.54) is 19.5 Å². The molecule has 2 aromatic heterocycles. The summed E-state index contributed by atoms with van der Waals surface area (Å²) in [6.07, 6.45) is 4.71. The molecule has 0 amide bonds. The fourth-order valence-corrected chi connectivity index (χ4v) is 1.94. The van der Waals surface area contributed by atoms with Crippen molar-refractivity contribution in [2.24, 2.45) is 0 Å². The van der Waals surface area contributed by atoms with E-state index in [1.54, 1.807) is 29.1 Å². The normalized spacial score (nSPS) is 10.7. The summed E-state index contributed by atoms with van der Waals surface area (Å²) in [5.41, 5.74) is 6.94. The van der Waals surface area contributed by atoms with E-state index in [-0.39, 0.29) is 5.82 Å². The molecule has 0 fully saturated rings. The van der Waals surface area contributed by atoms with Gasteiger partial charge in [0.25, 0.3) is 0 Å². The van der Waals surface area contributed by atoms with Gasteiger partial charge in [-0.1, -0.05) is 6.07 Å². The predicted molar refractivity (Wildman–Crippen MR) is 72.4 cm³/mol. The van der Waals surface area contributed by atoms with Crippen molar-refractivity contribution in [3.63, 3.8) is 0 Å². The Bertz CT molecular complexity index is 796. The molecule has 0 aliphatic rings. The summed E-state index contributed by atoms with van der Waals surface area (Å²) >= 11 is 0. The highest BCUT2D eigenvalue weighted by Crippen LogP contribution is 2.21. The third-order valence-corrected chi connectivity index (χ3v) is 2.90. The van der Waals surface area contributed by atoms with E-state index in [9.17, 15) is 4.79 Å². The number of carbonyl (C=O) groups is 1. The lowest BCUT2D eigenvalue weighted by atomic mass is 10.1. The Balaban J connectivity index is 2.22. The number of hydrogen-bond acceptors (Lipinski definition) is 6. The van der Waals surface area contributed by atoms with Gasteiger partial charge in [-0.3, -0.25) is 0 Å². The summed E-state index contributed by atoms with van der Waals surface area (Å²) in [4.78, 5) is 19.7. The Kier molecular flexibility index (Phi) is 2.79. The smallest absolute Gasteiger partial charge is 0.337 e. The fourth-order valence-electron chi connectivity index (χ4n) is 1.94. The summed E-state index contributed by atoms with van der Waals surface area (Å²) in [5, 5.41) is 5.10. The predicted octanol–water partition coefficient (Wildman–Crippen LogP) is 1.18. The molecule has 0 bridgehead atoms. The van der Waals surface area contributed by atoms with Crippen molar-refractivity contribution in [2.45, 2.75) is 0 Å². The van der Waals surface area contributed by atoms with E-state index in [0.29, 0.717) is 16.9 Å². The number of rotatable bonds is 2. The Morgan fingerprint density at radius 2 is 2.10 bits per heavy atom.